The number of pyridine rings is 1. The number of rotatable bonds is 4. The first-order chi connectivity index (χ1) is 7.81. The lowest BCUT2D eigenvalue weighted by Crippen LogP contribution is -1.99. The highest BCUT2D eigenvalue weighted by atomic mass is 35.5. The van der Waals surface area contributed by atoms with Gasteiger partial charge in [0.15, 0.2) is 5.78 Å². The van der Waals surface area contributed by atoms with Crippen LogP contribution in [0.4, 0.5) is 0 Å². The molecule has 1 aromatic heterocycles. The molecule has 16 heavy (non-hydrogen) atoms. The van der Waals surface area contributed by atoms with Crippen LogP contribution in [0.25, 0.3) is 10.9 Å². The van der Waals surface area contributed by atoms with Gasteiger partial charge in [-0.3, -0.25) is 9.78 Å². The Hall–Kier alpha value is -1.41. The molecular weight excluding hydrogens is 222 g/mol. The monoisotopic (exact) mass is 233 g/mol. The van der Waals surface area contributed by atoms with Crippen LogP contribution in [0.15, 0.2) is 36.5 Å². The second kappa shape index (κ2) is 5.08. The molecule has 1 aromatic carbocycles. The van der Waals surface area contributed by atoms with E-state index in [1.165, 1.54) is 0 Å². The molecule has 0 aliphatic carbocycles. The summed E-state index contributed by atoms with van der Waals surface area (Å²) in [6, 6.07) is 9.42. The molecule has 2 nitrogen and oxygen atoms in total. The van der Waals surface area contributed by atoms with Crippen molar-refractivity contribution >= 4 is 28.3 Å². The number of alkyl halides is 1. The van der Waals surface area contributed by atoms with Crippen LogP contribution in [0.3, 0.4) is 0 Å². The Morgan fingerprint density at radius 3 is 3.00 bits per heavy atom. The molecule has 0 spiro atoms. The van der Waals surface area contributed by atoms with E-state index in [4.69, 9.17) is 11.6 Å². The van der Waals surface area contributed by atoms with Crippen LogP contribution in [0, 0.1) is 0 Å². The zero-order chi connectivity index (χ0) is 11.4. The second-order valence-electron chi connectivity index (χ2n) is 3.63. The number of benzene rings is 1. The molecule has 0 N–H and O–H groups in total. The summed E-state index contributed by atoms with van der Waals surface area (Å²) >= 11 is 5.57. The van der Waals surface area contributed by atoms with Crippen LogP contribution in [0.1, 0.15) is 23.2 Å². The van der Waals surface area contributed by atoms with E-state index in [0.29, 0.717) is 12.3 Å². The van der Waals surface area contributed by atoms with Gasteiger partial charge in [-0.25, -0.2) is 0 Å². The van der Waals surface area contributed by atoms with Crippen LogP contribution in [-0.2, 0) is 0 Å². The first-order valence-electron chi connectivity index (χ1n) is 5.25. The standard InChI is InChI=1S/C13H12ClNO/c14-7-1-4-13(16)11-5-6-12-10(9-11)3-2-8-15-12/h2-3,5-6,8-9H,1,4,7H2. The molecule has 0 unspecified atom stereocenters. The summed E-state index contributed by atoms with van der Waals surface area (Å²) in [6.07, 6.45) is 2.98. The lowest BCUT2D eigenvalue weighted by molar-refractivity contribution is 0.0982. The summed E-state index contributed by atoms with van der Waals surface area (Å²) < 4.78 is 0. The zero-order valence-electron chi connectivity index (χ0n) is 8.82. The highest BCUT2D eigenvalue weighted by molar-refractivity contribution is 6.18. The molecule has 3 heteroatoms. The number of ketones is 1. The van der Waals surface area contributed by atoms with E-state index in [-0.39, 0.29) is 5.78 Å². The van der Waals surface area contributed by atoms with Crippen molar-refractivity contribution in [3.05, 3.63) is 42.1 Å². The minimum absolute atomic E-state index is 0.145. The molecule has 1 heterocycles. The molecule has 0 aliphatic heterocycles. The van der Waals surface area contributed by atoms with Crippen molar-refractivity contribution in [2.45, 2.75) is 12.8 Å². The van der Waals surface area contributed by atoms with Crippen LogP contribution in [0.5, 0.6) is 0 Å². The van der Waals surface area contributed by atoms with E-state index in [1.807, 2.05) is 30.3 Å². The SMILES string of the molecule is O=C(CCCCl)c1ccc2ncccc2c1. The average molecular weight is 234 g/mol. The molecule has 0 amide bonds. The molecule has 2 aromatic rings. The van der Waals surface area contributed by atoms with E-state index in [0.717, 1.165) is 22.9 Å². The summed E-state index contributed by atoms with van der Waals surface area (Å²) in [5.74, 6) is 0.673. The number of carbonyl (C=O) groups is 1. The van der Waals surface area contributed by atoms with Crippen molar-refractivity contribution in [3.8, 4) is 0 Å². The summed E-state index contributed by atoms with van der Waals surface area (Å²) in [5.41, 5.74) is 1.65. The Kier molecular flexibility index (Phi) is 3.52. The number of Topliss-reactive ketones (excluding diaryl/α,β-unsaturated/α-hetero) is 1. The Balaban J connectivity index is 2.28. The van der Waals surface area contributed by atoms with Gasteiger partial charge in [0.2, 0.25) is 0 Å². The first-order valence-corrected chi connectivity index (χ1v) is 5.78. The van der Waals surface area contributed by atoms with Gasteiger partial charge in [0.25, 0.3) is 0 Å². The van der Waals surface area contributed by atoms with Gasteiger partial charge in [-0.2, -0.15) is 0 Å². The summed E-state index contributed by atoms with van der Waals surface area (Å²) in [5, 5.41) is 0.999. The lowest BCUT2D eigenvalue weighted by atomic mass is 10.0. The van der Waals surface area contributed by atoms with Gasteiger partial charge < -0.3 is 0 Å². The van der Waals surface area contributed by atoms with Gasteiger partial charge >= 0.3 is 0 Å². The van der Waals surface area contributed by atoms with Crippen molar-refractivity contribution in [3.63, 3.8) is 0 Å². The molecular formula is C13H12ClNO. The van der Waals surface area contributed by atoms with Crippen molar-refractivity contribution in [1.82, 2.24) is 4.98 Å². The lowest BCUT2D eigenvalue weighted by Gasteiger charge is -2.01. The van der Waals surface area contributed by atoms with Crippen molar-refractivity contribution in [2.75, 3.05) is 5.88 Å². The maximum Gasteiger partial charge on any atom is 0.162 e. The van der Waals surface area contributed by atoms with Gasteiger partial charge in [0.1, 0.15) is 0 Å². The van der Waals surface area contributed by atoms with E-state index in [1.54, 1.807) is 6.20 Å². The fourth-order valence-corrected chi connectivity index (χ4v) is 1.75. The molecule has 0 saturated heterocycles. The number of fused-ring (bicyclic) bond motifs is 1. The minimum Gasteiger partial charge on any atom is -0.294 e. The highest BCUT2D eigenvalue weighted by Crippen LogP contribution is 2.15. The highest BCUT2D eigenvalue weighted by Gasteiger charge is 2.05. The van der Waals surface area contributed by atoms with Gasteiger partial charge in [-0.1, -0.05) is 6.07 Å². The van der Waals surface area contributed by atoms with Crippen molar-refractivity contribution in [1.29, 1.82) is 0 Å². The quantitative estimate of drug-likeness (QED) is 0.598. The maximum absolute atomic E-state index is 11.8. The maximum atomic E-state index is 11.8. The zero-order valence-corrected chi connectivity index (χ0v) is 9.57. The van der Waals surface area contributed by atoms with Gasteiger partial charge in [-0.15, -0.1) is 11.6 Å². The molecule has 0 aliphatic rings. The van der Waals surface area contributed by atoms with Crippen LogP contribution in [-0.4, -0.2) is 16.6 Å². The molecule has 0 atom stereocenters. The van der Waals surface area contributed by atoms with Crippen molar-refractivity contribution < 1.29 is 4.79 Å². The van der Waals surface area contributed by atoms with Gasteiger partial charge in [-0.05, 0) is 30.7 Å². The number of carbonyl (C=O) groups excluding carboxylic acids is 1. The normalized spacial score (nSPS) is 10.6. The fourth-order valence-electron chi connectivity index (χ4n) is 1.62. The van der Waals surface area contributed by atoms with E-state index < -0.39 is 0 Å². The predicted octanol–water partition coefficient (Wildman–Crippen LogP) is 3.44. The Morgan fingerprint density at radius 2 is 2.19 bits per heavy atom. The number of halogens is 1. The van der Waals surface area contributed by atoms with Gasteiger partial charge in [0, 0.05) is 29.4 Å². The third kappa shape index (κ3) is 2.39. The summed E-state index contributed by atoms with van der Waals surface area (Å²) in [6.45, 7) is 0. The third-order valence-corrected chi connectivity index (χ3v) is 2.73. The van der Waals surface area contributed by atoms with Crippen molar-refractivity contribution in [2.24, 2.45) is 0 Å². The first kappa shape index (κ1) is 11.1. The average Bonchev–Trinajstić information content (AvgIpc) is 2.35. The fraction of sp³-hybridized carbons (Fsp3) is 0.231. The molecule has 0 bridgehead atoms. The second-order valence-corrected chi connectivity index (χ2v) is 4.00. The third-order valence-electron chi connectivity index (χ3n) is 2.46. The number of nitrogens with zero attached hydrogens (tertiary/aromatic N) is 1. The van der Waals surface area contributed by atoms with E-state index in [2.05, 4.69) is 4.98 Å². The van der Waals surface area contributed by atoms with E-state index in [9.17, 15) is 4.79 Å². The summed E-state index contributed by atoms with van der Waals surface area (Å²) in [4.78, 5) is 16.0. The minimum atomic E-state index is 0.145. The molecule has 82 valence electrons. The largest absolute Gasteiger partial charge is 0.294 e. The van der Waals surface area contributed by atoms with Gasteiger partial charge in [0.05, 0.1) is 5.52 Å². The topological polar surface area (TPSA) is 30.0 Å². The number of hydrogen-bond donors (Lipinski definition) is 0. The molecule has 0 saturated carbocycles. The number of hydrogen-bond acceptors (Lipinski definition) is 2. The Morgan fingerprint density at radius 1 is 1.31 bits per heavy atom. The Labute approximate surface area is 99.3 Å². The molecule has 0 radical (unpaired) electrons. The molecule has 2 rings (SSSR count). The molecule has 0 fully saturated rings. The smallest absolute Gasteiger partial charge is 0.162 e. The number of aromatic nitrogens is 1. The predicted molar refractivity (Wildman–Crippen MR) is 66.0 cm³/mol. The Bertz CT molecular complexity index is 510. The van der Waals surface area contributed by atoms with Crippen LogP contribution < -0.4 is 0 Å². The van der Waals surface area contributed by atoms with E-state index >= 15 is 0 Å². The van der Waals surface area contributed by atoms with Crippen LogP contribution in [0.2, 0.25) is 0 Å². The summed E-state index contributed by atoms with van der Waals surface area (Å²) in [7, 11) is 0. The van der Waals surface area contributed by atoms with Crippen LogP contribution >= 0.6 is 11.6 Å².